The third kappa shape index (κ3) is 4.53. The molecule has 7 nitrogen and oxygen atoms in total. The lowest BCUT2D eigenvalue weighted by Crippen LogP contribution is -2.61. The number of aliphatic hydroxyl groups is 1. The number of ketones is 1. The fourth-order valence-electron chi connectivity index (χ4n) is 3.35. The van der Waals surface area contributed by atoms with Gasteiger partial charge >= 0.3 is 5.97 Å². The second kappa shape index (κ2) is 9.34. The van der Waals surface area contributed by atoms with Gasteiger partial charge in [-0.1, -0.05) is 49.0 Å². The molecule has 1 saturated heterocycles. The van der Waals surface area contributed by atoms with Crippen molar-refractivity contribution in [1.29, 1.82) is 0 Å². The average Bonchev–Trinajstić information content (AvgIpc) is 3.03. The average molecular weight is 437 g/mol. The van der Waals surface area contributed by atoms with Crippen molar-refractivity contribution in [3.05, 3.63) is 45.8 Å². The number of β-lactam (4-membered cyclic amide) rings is 1. The number of hydrogen-bond donors (Lipinski definition) is 2. The van der Waals surface area contributed by atoms with E-state index in [4.69, 9.17) is 0 Å². The Kier molecular flexibility index (Phi) is 7.05. The van der Waals surface area contributed by atoms with Crippen molar-refractivity contribution in [1.82, 2.24) is 9.80 Å². The molecule has 0 radical (unpaired) electrons. The number of carbonyl (C=O) groups is 3. The number of rotatable bonds is 10. The van der Waals surface area contributed by atoms with Crippen LogP contribution in [-0.2, 0) is 9.59 Å². The van der Waals surface area contributed by atoms with Gasteiger partial charge in [0.15, 0.2) is 11.5 Å². The van der Waals surface area contributed by atoms with Crippen LogP contribution in [0.1, 0.15) is 23.7 Å². The summed E-state index contributed by atoms with van der Waals surface area (Å²) in [5.41, 5.74) is 0.676. The van der Waals surface area contributed by atoms with Crippen LogP contribution in [0.2, 0.25) is 0 Å². The summed E-state index contributed by atoms with van der Waals surface area (Å²) >= 11 is 2.71. The highest BCUT2D eigenvalue weighted by molar-refractivity contribution is 8.22. The van der Waals surface area contributed by atoms with Gasteiger partial charge in [-0.25, -0.2) is 4.79 Å². The van der Waals surface area contributed by atoms with Crippen LogP contribution in [0.3, 0.4) is 0 Å². The minimum Gasteiger partial charge on any atom is -0.477 e. The highest BCUT2D eigenvalue weighted by Crippen LogP contribution is 2.53. The maximum absolute atomic E-state index is 12.3. The van der Waals surface area contributed by atoms with E-state index in [0.29, 0.717) is 28.5 Å². The first kappa shape index (κ1) is 21.9. The Morgan fingerprint density at radius 3 is 2.62 bits per heavy atom. The topological polar surface area (TPSA) is 98.2 Å². The zero-order valence-corrected chi connectivity index (χ0v) is 17.9. The minimum absolute atomic E-state index is 0.0116. The van der Waals surface area contributed by atoms with Crippen molar-refractivity contribution in [3.8, 4) is 0 Å². The fourth-order valence-corrected chi connectivity index (χ4v) is 6.35. The largest absolute Gasteiger partial charge is 0.477 e. The highest BCUT2D eigenvalue weighted by Gasteiger charge is 2.58. The molecule has 0 saturated carbocycles. The molecule has 0 aliphatic carbocycles. The Bertz CT molecular complexity index is 829. The van der Waals surface area contributed by atoms with Gasteiger partial charge in [0.05, 0.1) is 22.8 Å². The van der Waals surface area contributed by atoms with Crippen molar-refractivity contribution in [2.45, 2.75) is 24.8 Å². The van der Waals surface area contributed by atoms with Gasteiger partial charge in [-0.3, -0.25) is 19.4 Å². The maximum Gasteiger partial charge on any atom is 0.354 e. The van der Waals surface area contributed by atoms with E-state index >= 15 is 0 Å². The summed E-state index contributed by atoms with van der Waals surface area (Å²) in [7, 11) is 1.85. The second-order valence-electron chi connectivity index (χ2n) is 7.03. The molecule has 2 heterocycles. The van der Waals surface area contributed by atoms with Crippen LogP contribution in [0.5, 0.6) is 0 Å². The van der Waals surface area contributed by atoms with E-state index in [9.17, 15) is 24.6 Å². The van der Waals surface area contributed by atoms with Crippen molar-refractivity contribution in [2.75, 3.05) is 25.9 Å². The molecular weight excluding hydrogens is 412 g/mol. The lowest BCUT2D eigenvalue weighted by molar-refractivity contribution is -0.157. The number of carboxylic acid groups (broad SMARTS) is 1. The number of benzene rings is 1. The monoisotopic (exact) mass is 436 g/mol. The molecule has 29 heavy (non-hydrogen) atoms. The Morgan fingerprint density at radius 2 is 2.00 bits per heavy atom. The summed E-state index contributed by atoms with van der Waals surface area (Å²) in [5.74, 6) is -1.38. The van der Waals surface area contributed by atoms with Gasteiger partial charge in [-0.2, -0.15) is 0 Å². The van der Waals surface area contributed by atoms with Crippen LogP contribution in [0.4, 0.5) is 0 Å². The predicted octanol–water partition coefficient (Wildman–Crippen LogP) is 2.09. The summed E-state index contributed by atoms with van der Waals surface area (Å²) in [6.07, 6.45) is -0.308. The van der Waals surface area contributed by atoms with Crippen LogP contribution in [0.15, 0.2) is 40.3 Å². The van der Waals surface area contributed by atoms with Crippen LogP contribution in [0.25, 0.3) is 0 Å². The molecule has 3 unspecified atom stereocenters. The number of aliphatic carboxylic acids is 1. The Balaban J connectivity index is 1.55. The number of carboxylic acids is 1. The number of aliphatic hydroxyl groups excluding tert-OH is 1. The minimum atomic E-state index is -1.13. The van der Waals surface area contributed by atoms with Gasteiger partial charge in [0, 0.05) is 17.9 Å². The normalized spacial score (nSPS) is 21.9. The first-order chi connectivity index (χ1) is 13.8. The van der Waals surface area contributed by atoms with Crippen molar-refractivity contribution in [2.24, 2.45) is 5.92 Å². The summed E-state index contributed by atoms with van der Waals surface area (Å²) in [4.78, 5) is 39.5. The zero-order chi connectivity index (χ0) is 21.1. The standard InChI is InChI=1S/C20H24N2O5S2/c1-3-13(23)15-17(25)22-16(19(26)27)20(29-18(15)22)28-10-9-21(2)11-14(24)12-7-5-4-6-8-12/h4-8,13,15,18,23H,3,9-11H2,1-2H3,(H,26,27). The van der Waals surface area contributed by atoms with Crippen LogP contribution < -0.4 is 0 Å². The number of fused-ring (bicyclic) bond motifs is 1. The van der Waals surface area contributed by atoms with Crippen molar-refractivity contribution < 1.29 is 24.6 Å². The number of Topliss-reactive ketones (excluding diaryl/α,β-unsaturated/α-hetero) is 1. The van der Waals surface area contributed by atoms with E-state index in [1.54, 1.807) is 19.1 Å². The van der Waals surface area contributed by atoms with Crippen molar-refractivity contribution >= 4 is 41.2 Å². The van der Waals surface area contributed by atoms with Gasteiger partial charge in [-0.15, -0.1) is 11.8 Å². The summed E-state index contributed by atoms with van der Waals surface area (Å²) in [6.45, 7) is 2.67. The Hall–Kier alpha value is -1.81. The zero-order valence-electron chi connectivity index (χ0n) is 16.3. The maximum atomic E-state index is 12.3. The second-order valence-corrected chi connectivity index (χ2v) is 9.53. The molecule has 1 fully saturated rings. The molecule has 0 aromatic heterocycles. The van der Waals surface area contributed by atoms with Gasteiger partial charge in [0.25, 0.3) is 0 Å². The third-order valence-electron chi connectivity index (χ3n) is 5.00. The van der Waals surface area contributed by atoms with E-state index in [0.717, 1.165) is 0 Å². The molecule has 3 atom stereocenters. The molecule has 0 spiro atoms. The molecule has 156 valence electrons. The Morgan fingerprint density at radius 1 is 1.31 bits per heavy atom. The third-order valence-corrected chi connectivity index (χ3v) is 7.63. The molecule has 1 aromatic rings. The van der Waals surface area contributed by atoms with Gasteiger partial charge in [0.1, 0.15) is 5.37 Å². The quantitative estimate of drug-likeness (QED) is 0.425. The summed E-state index contributed by atoms with van der Waals surface area (Å²) in [5, 5.41) is 19.3. The van der Waals surface area contributed by atoms with E-state index in [1.165, 1.54) is 28.4 Å². The first-order valence-corrected chi connectivity index (χ1v) is 11.3. The van der Waals surface area contributed by atoms with Crippen LogP contribution in [0, 0.1) is 5.92 Å². The molecule has 2 aliphatic rings. The number of hydrogen-bond acceptors (Lipinski definition) is 7. The van der Waals surface area contributed by atoms with Gasteiger partial charge < -0.3 is 10.2 Å². The Labute approximate surface area is 178 Å². The van der Waals surface area contributed by atoms with Crippen molar-refractivity contribution in [3.63, 3.8) is 0 Å². The van der Waals surface area contributed by atoms with Crippen LogP contribution >= 0.6 is 23.5 Å². The molecule has 2 aliphatic heterocycles. The summed E-state index contributed by atoms with van der Waals surface area (Å²) < 4.78 is 0.587. The molecule has 1 amide bonds. The van der Waals surface area contributed by atoms with E-state index in [1.807, 2.05) is 30.1 Å². The number of carbonyl (C=O) groups excluding carboxylic acids is 2. The lowest BCUT2D eigenvalue weighted by atomic mass is 9.90. The first-order valence-electron chi connectivity index (χ1n) is 9.40. The number of nitrogens with zero attached hydrogens (tertiary/aromatic N) is 2. The number of likely N-dealkylation sites (N-methyl/N-ethyl adjacent to an activating group) is 1. The van der Waals surface area contributed by atoms with E-state index in [2.05, 4.69) is 0 Å². The van der Waals surface area contributed by atoms with E-state index < -0.39 is 18.0 Å². The number of thioether (sulfide) groups is 2. The molecule has 0 bridgehead atoms. The molecular formula is C20H24N2O5S2. The molecule has 2 N–H and O–H groups in total. The molecule has 1 aromatic carbocycles. The van der Waals surface area contributed by atoms with Crippen LogP contribution in [-0.4, -0.2) is 75.0 Å². The lowest BCUT2D eigenvalue weighted by Gasteiger charge is -2.44. The predicted molar refractivity (Wildman–Crippen MR) is 113 cm³/mol. The molecule has 9 heteroatoms. The van der Waals surface area contributed by atoms with Gasteiger partial charge in [-0.05, 0) is 13.5 Å². The van der Waals surface area contributed by atoms with Gasteiger partial charge in [0.2, 0.25) is 5.91 Å². The smallest absolute Gasteiger partial charge is 0.354 e. The number of amides is 1. The summed E-state index contributed by atoms with van der Waals surface area (Å²) in [6, 6.07) is 9.09. The molecule has 3 rings (SSSR count). The fraction of sp³-hybridized carbons (Fsp3) is 0.450. The highest BCUT2D eigenvalue weighted by atomic mass is 32.2. The SMILES string of the molecule is CCC(O)C1C(=O)N2C(C(=O)O)=C(SCCN(C)CC(=O)c3ccccc3)SC12. The van der Waals surface area contributed by atoms with E-state index in [-0.39, 0.29) is 29.3 Å².